The first-order valence-electron chi connectivity index (χ1n) is 4.04. The van der Waals surface area contributed by atoms with Crippen molar-refractivity contribution >= 4 is 23.2 Å². The van der Waals surface area contributed by atoms with Gasteiger partial charge in [-0.15, -0.1) is 0 Å². The van der Waals surface area contributed by atoms with Gasteiger partial charge >= 0.3 is 0 Å². The van der Waals surface area contributed by atoms with E-state index in [-0.39, 0.29) is 6.10 Å². The van der Waals surface area contributed by atoms with Crippen molar-refractivity contribution in [2.24, 2.45) is 0 Å². The standard InChI is InChI=1S/C9H9Cl2NO/c10-7-2-1-6(3-8(7)11)9-4-12-5-13-9/h1-3,9,12H,4-5H2. The van der Waals surface area contributed by atoms with Crippen molar-refractivity contribution in [3.63, 3.8) is 0 Å². The summed E-state index contributed by atoms with van der Waals surface area (Å²) in [6.07, 6.45) is 0.106. The summed E-state index contributed by atoms with van der Waals surface area (Å²) in [6.45, 7) is 1.43. The third-order valence-corrected chi connectivity index (χ3v) is 2.77. The first-order chi connectivity index (χ1) is 6.27. The van der Waals surface area contributed by atoms with E-state index in [1.165, 1.54) is 0 Å². The second-order valence-corrected chi connectivity index (χ2v) is 3.74. The molecule has 2 rings (SSSR count). The average Bonchev–Trinajstić information content (AvgIpc) is 2.62. The number of benzene rings is 1. The molecule has 13 heavy (non-hydrogen) atoms. The summed E-state index contributed by atoms with van der Waals surface area (Å²) >= 11 is 11.7. The van der Waals surface area contributed by atoms with Gasteiger partial charge in [0.25, 0.3) is 0 Å². The lowest BCUT2D eigenvalue weighted by Gasteiger charge is -2.09. The highest BCUT2D eigenvalue weighted by molar-refractivity contribution is 6.42. The molecule has 0 bridgehead atoms. The van der Waals surface area contributed by atoms with Crippen LogP contribution in [-0.2, 0) is 4.74 Å². The van der Waals surface area contributed by atoms with Gasteiger partial charge in [-0.2, -0.15) is 0 Å². The van der Waals surface area contributed by atoms with E-state index in [1.54, 1.807) is 6.07 Å². The van der Waals surface area contributed by atoms with Crippen molar-refractivity contribution in [2.45, 2.75) is 6.10 Å². The lowest BCUT2D eigenvalue weighted by Crippen LogP contribution is -2.07. The minimum Gasteiger partial charge on any atom is -0.357 e. The number of halogens is 2. The van der Waals surface area contributed by atoms with Crippen molar-refractivity contribution in [3.8, 4) is 0 Å². The average molecular weight is 218 g/mol. The van der Waals surface area contributed by atoms with Gasteiger partial charge in [0.05, 0.1) is 22.9 Å². The highest BCUT2D eigenvalue weighted by atomic mass is 35.5. The van der Waals surface area contributed by atoms with Gasteiger partial charge in [0.15, 0.2) is 0 Å². The number of hydrogen-bond donors (Lipinski definition) is 1. The van der Waals surface area contributed by atoms with Crippen LogP contribution in [-0.4, -0.2) is 13.3 Å². The summed E-state index contributed by atoms with van der Waals surface area (Å²) in [4.78, 5) is 0. The fourth-order valence-electron chi connectivity index (χ4n) is 1.34. The first kappa shape index (κ1) is 9.28. The van der Waals surface area contributed by atoms with Crippen LogP contribution in [0.4, 0.5) is 0 Å². The maximum Gasteiger partial charge on any atom is 0.0975 e. The van der Waals surface area contributed by atoms with E-state index in [1.807, 2.05) is 12.1 Å². The van der Waals surface area contributed by atoms with E-state index in [9.17, 15) is 0 Å². The third kappa shape index (κ3) is 1.97. The Morgan fingerprint density at radius 2 is 2.15 bits per heavy atom. The molecule has 1 aliphatic rings. The van der Waals surface area contributed by atoms with Crippen LogP contribution in [0.15, 0.2) is 18.2 Å². The Balaban J connectivity index is 2.25. The minimum absolute atomic E-state index is 0.106. The second kappa shape index (κ2) is 3.84. The fourth-order valence-corrected chi connectivity index (χ4v) is 1.64. The topological polar surface area (TPSA) is 21.3 Å². The Kier molecular flexibility index (Phi) is 2.74. The SMILES string of the molecule is Clc1ccc(C2CNCO2)cc1Cl. The molecule has 1 atom stereocenters. The van der Waals surface area contributed by atoms with Gasteiger partial charge in [0.1, 0.15) is 0 Å². The molecule has 0 saturated carbocycles. The van der Waals surface area contributed by atoms with Gasteiger partial charge in [-0.25, -0.2) is 0 Å². The van der Waals surface area contributed by atoms with Gasteiger partial charge in [0, 0.05) is 6.54 Å². The Bertz CT molecular complexity index is 310. The third-order valence-electron chi connectivity index (χ3n) is 2.03. The predicted octanol–water partition coefficient (Wildman–Crippen LogP) is 2.61. The van der Waals surface area contributed by atoms with Gasteiger partial charge in [-0.1, -0.05) is 29.3 Å². The largest absolute Gasteiger partial charge is 0.357 e. The molecule has 1 unspecified atom stereocenters. The fraction of sp³-hybridized carbons (Fsp3) is 0.333. The molecule has 1 aliphatic heterocycles. The van der Waals surface area contributed by atoms with E-state index >= 15 is 0 Å². The normalized spacial score (nSPS) is 22.2. The Morgan fingerprint density at radius 1 is 1.31 bits per heavy atom. The van der Waals surface area contributed by atoms with E-state index < -0.39 is 0 Å². The van der Waals surface area contributed by atoms with Crippen molar-refractivity contribution in [1.82, 2.24) is 5.32 Å². The molecule has 1 N–H and O–H groups in total. The van der Waals surface area contributed by atoms with Gasteiger partial charge < -0.3 is 4.74 Å². The van der Waals surface area contributed by atoms with Crippen LogP contribution in [0.25, 0.3) is 0 Å². The van der Waals surface area contributed by atoms with Crippen LogP contribution in [0.2, 0.25) is 10.0 Å². The van der Waals surface area contributed by atoms with Gasteiger partial charge in [0.2, 0.25) is 0 Å². The van der Waals surface area contributed by atoms with Gasteiger partial charge in [-0.05, 0) is 17.7 Å². The molecule has 0 aromatic heterocycles. The zero-order valence-electron chi connectivity index (χ0n) is 6.89. The van der Waals surface area contributed by atoms with E-state index in [0.29, 0.717) is 16.8 Å². The number of ether oxygens (including phenoxy) is 1. The maximum absolute atomic E-state index is 5.88. The highest BCUT2D eigenvalue weighted by Crippen LogP contribution is 2.27. The predicted molar refractivity (Wildman–Crippen MR) is 53.2 cm³/mol. The number of hydrogen-bond acceptors (Lipinski definition) is 2. The van der Waals surface area contributed by atoms with Gasteiger partial charge in [-0.3, -0.25) is 5.32 Å². The minimum atomic E-state index is 0.106. The number of nitrogens with one attached hydrogen (secondary N) is 1. The van der Waals surface area contributed by atoms with Crippen LogP contribution < -0.4 is 5.32 Å². The molecule has 1 saturated heterocycles. The molecule has 0 spiro atoms. The van der Waals surface area contributed by atoms with Crippen molar-refractivity contribution in [2.75, 3.05) is 13.3 Å². The van der Waals surface area contributed by atoms with E-state index in [0.717, 1.165) is 12.1 Å². The smallest absolute Gasteiger partial charge is 0.0975 e. The lowest BCUT2D eigenvalue weighted by molar-refractivity contribution is 0.114. The summed E-state index contributed by atoms with van der Waals surface area (Å²) in [6, 6.07) is 5.58. The van der Waals surface area contributed by atoms with Crippen LogP contribution in [0.5, 0.6) is 0 Å². The van der Waals surface area contributed by atoms with Crippen molar-refractivity contribution < 1.29 is 4.74 Å². The molecule has 0 aliphatic carbocycles. The Morgan fingerprint density at radius 3 is 2.77 bits per heavy atom. The van der Waals surface area contributed by atoms with E-state index in [4.69, 9.17) is 27.9 Å². The van der Waals surface area contributed by atoms with Crippen LogP contribution in [0.1, 0.15) is 11.7 Å². The van der Waals surface area contributed by atoms with Crippen LogP contribution in [0.3, 0.4) is 0 Å². The monoisotopic (exact) mass is 217 g/mol. The quantitative estimate of drug-likeness (QED) is 0.782. The Labute approximate surface area is 86.8 Å². The van der Waals surface area contributed by atoms with Crippen LogP contribution in [0, 0.1) is 0 Å². The molecule has 0 amide bonds. The molecular weight excluding hydrogens is 209 g/mol. The zero-order valence-corrected chi connectivity index (χ0v) is 8.40. The highest BCUT2D eigenvalue weighted by Gasteiger charge is 2.17. The second-order valence-electron chi connectivity index (χ2n) is 2.93. The van der Waals surface area contributed by atoms with Crippen molar-refractivity contribution in [1.29, 1.82) is 0 Å². The summed E-state index contributed by atoms with van der Waals surface area (Å²) in [5.74, 6) is 0. The molecule has 70 valence electrons. The molecule has 0 radical (unpaired) electrons. The summed E-state index contributed by atoms with van der Waals surface area (Å²) in [5.41, 5.74) is 1.07. The molecule has 4 heteroatoms. The molecular formula is C9H9Cl2NO. The van der Waals surface area contributed by atoms with Crippen LogP contribution >= 0.6 is 23.2 Å². The Hall–Kier alpha value is -0.280. The first-order valence-corrected chi connectivity index (χ1v) is 4.80. The molecule has 2 nitrogen and oxygen atoms in total. The van der Waals surface area contributed by atoms with Crippen molar-refractivity contribution in [3.05, 3.63) is 33.8 Å². The molecule has 1 heterocycles. The lowest BCUT2D eigenvalue weighted by atomic mass is 10.1. The summed E-state index contributed by atoms with van der Waals surface area (Å²) in [7, 11) is 0. The summed E-state index contributed by atoms with van der Waals surface area (Å²) in [5, 5.41) is 4.26. The molecule has 1 aromatic carbocycles. The molecule has 1 aromatic rings. The zero-order chi connectivity index (χ0) is 9.26. The summed E-state index contributed by atoms with van der Waals surface area (Å²) < 4.78 is 5.42. The molecule has 1 fully saturated rings. The number of rotatable bonds is 1. The maximum atomic E-state index is 5.88. The van der Waals surface area contributed by atoms with E-state index in [2.05, 4.69) is 5.32 Å².